The third kappa shape index (κ3) is 3.26. The van der Waals surface area contributed by atoms with Gasteiger partial charge in [-0.2, -0.15) is 0 Å². The number of hydrogen-bond acceptors (Lipinski definition) is 4. The third-order valence-electron chi connectivity index (χ3n) is 6.84. The monoisotopic (exact) mass is 379 g/mol. The molecule has 0 amide bonds. The van der Waals surface area contributed by atoms with Gasteiger partial charge in [0, 0.05) is 12.0 Å². The molecule has 1 aromatic carbocycles. The van der Waals surface area contributed by atoms with E-state index in [1.807, 2.05) is 12.5 Å². The lowest BCUT2D eigenvalue weighted by Gasteiger charge is -2.33. The minimum atomic E-state index is -0.120. The zero-order valence-corrected chi connectivity index (χ0v) is 16.3. The molecular weight excluding hydrogens is 350 g/mol. The molecule has 5 heteroatoms. The van der Waals surface area contributed by atoms with Gasteiger partial charge in [0.1, 0.15) is 12.1 Å². The molecule has 1 saturated heterocycles. The number of nitrogens with one attached hydrogen (secondary N) is 1. The Morgan fingerprint density at radius 1 is 1.18 bits per heavy atom. The number of hydrogen-bond donors (Lipinski definition) is 1. The fourth-order valence-electron chi connectivity index (χ4n) is 5.35. The Kier molecular flexibility index (Phi) is 4.93. The van der Waals surface area contributed by atoms with E-state index in [1.165, 1.54) is 48.9 Å². The highest BCUT2D eigenvalue weighted by Gasteiger charge is 2.36. The van der Waals surface area contributed by atoms with Crippen LogP contribution in [0.25, 0.3) is 11.3 Å². The maximum Gasteiger partial charge on any atom is 0.323 e. The summed E-state index contributed by atoms with van der Waals surface area (Å²) < 4.78 is 8.47. The second-order valence-corrected chi connectivity index (χ2v) is 8.55. The zero-order chi connectivity index (χ0) is 18.9. The summed E-state index contributed by atoms with van der Waals surface area (Å²) in [6.45, 7) is 0.919. The van der Waals surface area contributed by atoms with E-state index < -0.39 is 0 Å². The van der Waals surface area contributed by atoms with Gasteiger partial charge in [-0.1, -0.05) is 43.5 Å². The molecule has 28 heavy (non-hydrogen) atoms. The Morgan fingerprint density at radius 3 is 2.86 bits per heavy atom. The third-order valence-corrected chi connectivity index (χ3v) is 6.84. The van der Waals surface area contributed by atoms with Crippen LogP contribution in [0.2, 0.25) is 0 Å². The fourth-order valence-corrected chi connectivity index (χ4v) is 5.35. The Labute approximate surface area is 166 Å². The van der Waals surface area contributed by atoms with Crippen LogP contribution in [-0.2, 0) is 9.53 Å². The molecule has 1 aromatic heterocycles. The number of carbonyl (C=O) groups excluding carboxylic acids is 1. The first-order valence-electron chi connectivity index (χ1n) is 10.9. The van der Waals surface area contributed by atoms with Crippen LogP contribution in [0.1, 0.15) is 63.0 Å². The van der Waals surface area contributed by atoms with E-state index in [-0.39, 0.29) is 24.2 Å². The predicted molar refractivity (Wildman–Crippen MR) is 108 cm³/mol. The molecule has 3 atom stereocenters. The first-order chi connectivity index (χ1) is 13.8. The molecule has 2 unspecified atom stereocenters. The lowest BCUT2D eigenvalue weighted by Crippen LogP contribution is -2.38. The molecule has 2 aromatic rings. The summed E-state index contributed by atoms with van der Waals surface area (Å²) in [6.07, 6.45) is 12.8. The first kappa shape index (κ1) is 17.9. The van der Waals surface area contributed by atoms with E-state index in [2.05, 4.69) is 39.1 Å². The van der Waals surface area contributed by atoms with Gasteiger partial charge in [0.2, 0.25) is 0 Å². The van der Waals surface area contributed by atoms with Gasteiger partial charge in [0.15, 0.2) is 0 Å². The van der Waals surface area contributed by atoms with Gasteiger partial charge in [-0.3, -0.25) is 4.79 Å². The lowest BCUT2D eigenvalue weighted by molar-refractivity contribution is -0.155. The standard InChI is InChI=1S/C23H29N3O2/c27-23(19-11-6-12-25-19)28-22(16-7-2-1-3-8-16)13-20-17-9-4-5-10-18(17)21-14-24-15-26(20)21/h4-5,9-10,14-16,19-20,22,25H,1-3,6-8,11-13H2/t19-,20?,22?/m0/s1. The second-order valence-electron chi connectivity index (χ2n) is 8.55. The van der Waals surface area contributed by atoms with Crippen molar-refractivity contribution in [2.45, 2.75) is 69.6 Å². The van der Waals surface area contributed by atoms with Gasteiger partial charge in [-0.05, 0) is 43.7 Å². The maximum absolute atomic E-state index is 12.8. The summed E-state index contributed by atoms with van der Waals surface area (Å²) in [5, 5.41) is 3.30. The first-order valence-corrected chi connectivity index (χ1v) is 10.9. The van der Waals surface area contributed by atoms with Gasteiger partial charge >= 0.3 is 5.97 Å². The topological polar surface area (TPSA) is 56.1 Å². The number of nitrogens with zero attached hydrogens (tertiary/aromatic N) is 2. The number of rotatable bonds is 5. The van der Waals surface area contributed by atoms with Crippen molar-refractivity contribution >= 4 is 5.97 Å². The molecule has 0 radical (unpaired) electrons. The highest BCUT2D eigenvalue weighted by Crippen LogP contribution is 2.43. The van der Waals surface area contributed by atoms with Crippen LogP contribution in [0, 0.1) is 5.92 Å². The van der Waals surface area contributed by atoms with E-state index >= 15 is 0 Å². The van der Waals surface area contributed by atoms with Crippen LogP contribution in [-0.4, -0.2) is 34.2 Å². The number of benzene rings is 1. The largest absolute Gasteiger partial charge is 0.461 e. The predicted octanol–water partition coefficient (Wildman–Crippen LogP) is 4.09. The average Bonchev–Trinajstić information content (AvgIpc) is 3.47. The van der Waals surface area contributed by atoms with E-state index in [4.69, 9.17) is 4.74 Å². The van der Waals surface area contributed by atoms with Gasteiger partial charge < -0.3 is 14.6 Å². The smallest absolute Gasteiger partial charge is 0.323 e. The van der Waals surface area contributed by atoms with Gasteiger partial charge in [0.05, 0.1) is 24.3 Å². The summed E-state index contributed by atoms with van der Waals surface area (Å²) in [5.41, 5.74) is 3.76. The Morgan fingerprint density at radius 2 is 2.04 bits per heavy atom. The lowest BCUT2D eigenvalue weighted by atomic mass is 9.82. The quantitative estimate of drug-likeness (QED) is 0.795. The van der Waals surface area contributed by atoms with Crippen LogP contribution >= 0.6 is 0 Å². The molecule has 5 nitrogen and oxygen atoms in total. The van der Waals surface area contributed by atoms with E-state index in [0.717, 1.165) is 25.8 Å². The van der Waals surface area contributed by atoms with Crippen LogP contribution < -0.4 is 5.32 Å². The summed E-state index contributed by atoms with van der Waals surface area (Å²) in [5.74, 6) is 0.420. The number of aromatic nitrogens is 2. The van der Waals surface area contributed by atoms with Crippen molar-refractivity contribution in [1.82, 2.24) is 14.9 Å². The van der Waals surface area contributed by atoms with Crippen molar-refractivity contribution < 1.29 is 9.53 Å². The van der Waals surface area contributed by atoms with Crippen LogP contribution in [0.5, 0.6) is 0 Å². The summed E-state index contributed by atoms with van der Waals surface area (Å²) in [4.78, 5) is 17.2. The van der Waals surface area contributed by atoms with E-state index in [1.54, 1.807) is 0 Å². The molecule has 3 aliphatic rings. The van der Waals surface area contributed by atoms with Crippen LogP contribution in [0.3, 0.4) is 0 Å². The van der Waals surface area contributed by atoms with Crippen molar-refractivity contribution in [1.29, 1.82) is 0 Å². The summed E-state index contributed by atoms with van der Waals surface area (Å²) >= 11 is 0. The van der Waals surface area contributed by atoms with Crippen LogP contribution in [0.15, 0.2) is 36.8 Å². The normalized spacial score (nSPS) is 25.3. The summed E-state index contributed by atoms with van der Waals surface area (Å²) in [6, 6.07) is 8.66. The number of ether oxygens (including phenoxy) is 1. The Bertz CT molecular complexity index is 834. The minimum absolute atomic E-state index is 0.0263. The van der Waals surface area contributed by atoms with Crippen molar-refractivity contribution in [3.05, 3.63) is 42.4 Å². The SMILES string of the molecule is O=C(OC(CC1c2ccccc2-c2cncn21)C1CCCCC1)[C@@H]1CCCN1. The number of imidazole rings is 1. The van der Waals surface area contributed by atoms with Gasteiger partial charge in [-0.15, -0.1) is 0 Å². The highest BCUT2D eigenvalue weighted by atomic mass is 16.5. The highest BCUT2D eigenvalue weighted by molar-refractivity contribution is 5.76. The van der Waals surface area contributed by atoms with Gasteiger partial charge in [0.25, 0.3) is 0 Å². The molecule has 3 heterocycles. The van der Waals surface area contributed by atoms with Crippen molar-refractivity contribution in [3.63, 3.8) is 0 Å². The Balaban J connectivity index is 1.40. The molecule has 0 bridgehead atoms. The fraction of sp³-hybridized carbons (Fsp3) is 0.565. The molecule has 0 spiro atoms. The maximum atomic E-state index is 12.8. The average molecular weight is 380 g/mol. The molecule has 148 valence electrons. The molecule has 1 N–H and O–H groups in total. The number of esters is 1. The van der Waals surface area contributed by atoms with E-state index in [9.17, 15) is 4.79 Å². The van der Waals surface area contributed by atoms with Gasteiger partial charge in [-0.25, -0.2) is 4.98 Å². The summed E-state index contributed by atoms with van der Waals surface area (Å²) in [7, 11) is 0. The van der Waals surface area contributed by atoms with Crippen molar-refractivity contribution in [2.75, 3.05) is 6.54 Å². The van der Waals surface area contributed by atoms with E-state index in [0.29, 0.717) is 5.92 Å². The molecule has 1 aliphatic carbocycles. The molecule has 2 aliphatic heterocycles. The van der Waals surface area contributed by atoms with Crippen molar-refractivity contribution in [3.8, 4) is 11.3 Å². The molecule has 5 rings (SSSR count). The number of carbonyl (C=O) groups is 1. The minimum Gasteiger partial charge on any atom is -0.461 e. The van der Waals surface area contributed by atoms with Crippen LogP contribution in [0.4, 0.5) is 0 Å². The Hall–Kier alpha value is -2.14. The number of fused-ring (bicyclic) bond motifs is 3. The molecular formula is C23H29N3O2. The molecule has 1 saturated carbocycles. The second kappa shape index (κ2) is 7.70. The zero-order valence-electron chi connectivity index (χ0n) is 16.3. The van der Waals surface area contributed by atoms with Crippen molar-refractivity contribution in [2.24, 2.45) is 5.92 Å². The molecule has 2 fully saturated rings.